The van der Waals surface area contributed by atoms with E-state index >= 15 is 8.78 Å². The molecule has 400 valence electrons. The second kappa shape index (κ2) is 29.7. The predicted molar refractivity (Wildman–Crippen MR) is 303 cm³/mol. The Balaban J connectivity index is 0.000000264. The van der Waals surface area contributed by atoms with E-state index in [1.165, 1.54) is 12.8 Å². The molecule has 81 heavy (non-hydrogen) atoms. The van der Waals surface area contributed by atoms with Crippen molar-refractivity contribution in [3.05, 3.63) is 295 Å². The van der Waals surface area contributed by atoms with E-state index in [0.717, 1.165) is 30.7 Å². The number of hydrogen-bond donors (Lipinski definition) is 1. The molecule has 10 aromatic carbocycles. The van der Waals surface area contributed by atoms with Gasteiger partial charge in [0.25, 0.3) is 0 Å². The van der Waals surface area contributed by atoms with E-state index < -0.39 is 46.3 Å². The summed E-state index contributed by atoms with van der Waals surface area (Å²) in [5.74, 6) is -12.5. The average molecular weight is 1100 g/mol. The molecule has 1 fully saturated rings. The molecule has 0 unspecified atom stereocenters. The number of nitriles is 2. The minimum atomic E-state index is -2.27. The molecule has 1 N–H and O–H groups in total. The van der Waals surface area contributed by atoms with Crippen LogP contribution in [0, 0.1) is 63.4 Å². The molecule has 0 aromatic heterocycles. The van der Waals surface area contributed by atoms with E-state index in [0.29, 0.717) is 34.1 Å². The molecule has 0 bridgehead atoms. The third-order valence-corrected chi connectivity index (χ3v) is 12.2. The van der Waals surface area contributed by atoms with Gasteiger partial charge in [0.1, 0.15) is 40.3 Å². The standard InChI is InChI=1S/C43H30F2N4.C12H11N.C7F5N.C4H8O.Na.H/c44-39-41(47(32-19-7-1-8-20-32)33-21-9-2-10-22-33)38(31-46)42(48(34-23-11-3-12-24-34)35-25-13-4-14-26-35)40(45)43(39)49(36-27-15-5-16-28-36)37-29-17-6-18-30-37;1-3-7-11(8-4-1)13-12-9-5-2-6-10-12;8-3-2(1-13)4(9)6(11)7(12)5(3)10;1-2-4-5-3-1;;/h1-30H;1-10,13H;;1-4H2;;/q;;;;+1;-1. The minimum absolute atomic E-state index is 0. The van der Waals surface area contributed by atoms with E-state index in [2.05, 4.69) is 11.4 Å². The van der Waals surface area contributed by atoms with Crippen LogP contribution < -0.4 is 49.6 Å². The van der Waals surface area contributed by atoms with Gasteiger partial charge in [0.2, 0.25) is 5.82 Å². The number of nitrogens with one attached hydrogen (secondary N) is 1. The Morgan fingerprint density at radius 3 is 0.790 bits per heavy atom. The van der Waals surface area contributed by atoms with Crippen molar-refractivity contribution in [2.45, 2.75) is 12.8 Å². The molecular weight excluding hydrogens is 1050 g/mol. The third kappa shape index (κ3) is 14.6. The zero-order valence-electron chi connectivity index (χ0n) is 44.7. The second-order valence-electron chi connectivity index (χ2n) is 17.4. The Morgan fingerprint density at radius 2 is 0.556 bits per heavy atom. The van der Waals surface area contributed by atoms with Crippen LogP contribution in [0.25, 0.3) is 0 Å². The first-order valence-electron chi connectivity index (χ1n) is 25.1. The fraction of sp³-hybridized carbons (Fsp3) is 0.0606. The summed E-state index contributed by atoms with van der Waals surface area (Å²) in [7, 11) is 0. The summed E-state index contributed by atoms with van der Waals surface area (Å²) in [5.41, 5.74) is 3.60. The van der Waals surface area contributed by atoms with Crippen molar-refractivity contribution in [3.63, 3.8) is 0 Å². The SMILES string of the molecule is C1CCOC1.N#Cc1c(F)c(F)c(F)c(F)c1F.N#Cc1c(N(c2ccccc2)c2ccccc2)c(F)c(N(c2ccccc2)c2ccccc2)c(F)c1N(c1ccccc1)c1ccccc1.[H-].[Na+].c1ccc(Nc2ccccc2)cc1. The van der Waals surface area contributed by atoms with Gasteiger partial charge in [0, 0.05) is 58.7 Å². The van der Waals surface area contributed by atoms with Gasteiger partial charge in [-0.3, -0.25) is 0 Å². The van der Waals surface area contributed by atoms with E-state index in [9.17, 15) is 27.2 Å². The van der Waals surface area contributed by atoms with E-state index in [-0.39, 0.29) is 53.6 Å². The molecule has 1 heterocycles. The molecule has 0 atom stereocenters. The van der Waals surface area contributed by atoms with E-state index in [1.54, 1.807) is 14.7 Å². The fourth-order valence-corrected chi connectivity index (χ4v) is 8.48. The van der Waals surface area contributed by atoms with Gasteiger partial charge in [0.15, 0.2) is 34.9 Å². The van der Waals surface area contributed by atoms with Crippen LogP contribution in [-0.4, -0.2) is 13.2 Å². The van der Waals surface area contributed by atoms with Crippen molar-refractivity contribution in [1.29, 1.82) is 10.5 Å². The minimum Gasteiger partial charge on any atom is -1.00 e. The van der Waals surface area contributed by atoms with Crippen molar-refractivity contribution in [3.8, 4) is 12.1 Å². The summed E-state index contributed by atoms with van der Waals surface area (Å²) in [5, 5.41) is 22.4. The molecule has 0 radical (unpaired) electrons. The summed E-state index contributed by atoms with van der Waals surface area (Å²) in [6.07, 6.45) is 2.56. The maximum Gasteiger partial charge on any atom is 1.00 e. The predicted octanol–water partition coefficient (Wildman–Crippen LogP) is 15.8. The molecule has 1 aliphatic heterocycles. The smallest absolute Gasteiger partial charge is 1.00 e. The Labute approximate surface area is 489 Å². The summed E-state index contributed by atoms with van der Waals surface area (Å²) in [4.78, 5) is 4.94. The first-order chi connectivity index (χ1) is 39.1. The number of halogens is 7. The molecular formula is C66H50F7N6NaO. The van der Waals surface area contributed by atoms with Crippen LogP contribution in [0.2, 0.25) is 0 Å². The first kappa shape index (κ1) is 59.5. The van der Waals surface area contributed by atoms with Crippen LogP contribution >= 0.6 is 0 Å². The number of ether oxygens (including phenoxy) is 1. The second-order valence-corrected chi connectivity index (χ2v) is 17.4. The number of benzene rings is 10. The number of rotatable bonds is 11. The Bertz CT molecular complexity index is 3370. The van der Waals surface area contributed by atoms with E-state index in [4.69, 9.17) is 10.00 Å². The van der Waals surface area contributed by atoms with Gasteiger partial charge in [-0.2, -0.15) is 10.5 Å². The fourth-order valence-electron chi connectivity index (χ4n) is 8.48. The zero-order valence-corrected chi connectivity index (χ0v) is 45.7. The molecule has 10 aromatic rings. The Morgan fingerprint density at radius 1 is 0.321 bits per heavy atom. The van der Waals surface area contributed by atoms with Crippen molar-refractivity contribution in [2.24, 2.45) is 0 Å². The quantitative estimate of drug-likeness (QED) is 0.0598. The summed E-state index contributed by atoms with van der Waals surface area (Å²) < 4.78 is 103. The monoisotopic (exact) mass is 1100 g/mol. The maximum absolute atomic E-state index is 18.0. The normalized spacial score (nSPS) is 11.0. The summed E-state index contributed by atoms with van der Waals surface area (Å²) in [6.45, 7) is 2.00. The molecule has 0 spiro atoms. The van der Waals surface area contributed by atoms with Crippen LogP contribution in [0.15, 0.2) is 243 Å². The summed E-state index contributed by atoms with van der Waals surface area (Å²) in [6, 6.07) is 78.7. The van der Waals surface area contributed by atoms with Crippen LogP contribution in [0.1, 0.15) is 25.4 Å². The van der Waals surface area contributed by atoms with Crippen LogP contribution in [-0.2, 0) is 4.74 Å². The molecule has 1 aliphatic rings. The molecule has 1 saturated heterocycles. The van der Waals surface area contributed by atoms with Gasteiger partial charge < -0.3 is 26.2 Å². The van der Waals surface area contributed by atoms with E-state index in [1.807, 2.05) is 243 Å². The third-order valence-electron chi connectivity index (χ3n) is 12.2. The Hall–Kier alpha value is -9.15. The Kier molecular flexibility index (Phi) is 21.8. The number of anilines is 11. The zero-order chi connectivity index (χ0) is 56.2. The van der Waals surface area contributed by atoms with Crippen LogP contribution in [0.4, 0.5) is 93.3 Å². The molecule has 0 aliphatic carbocycles. The maximum atomic E-state index is 18.0. The largest absolute Gasteiger partial charge is 1.00 e. The van der Waals surface area contributed by atoms with Gasteiger partial charge in [-0.25, -0.2) is 30.7 Å². The van der Waals surface area contributed by atoms with Gasteiger partial charge in [-0.05, 0) is 110 Å². The van der Waals surface area contributed by atoms with Crippen molar-refractivity contribution in [2.75, 3.05) is 33.2 Å². The first-order valence-corrected chi connectivity index (χ1v) is 25.1. The topological polar surface area (TPSA) is 78.6 Å². The van der Waals surface area contributed by atoms with Crippen molar-refractivity contribution >= 4 is 62.6 Å². The molecule has 11 rings (SSSR count). The average Bonchev–Trinajstić information content (AvgIpc) is 3.85. The van der Waals surface area contributed by atoms with Crippen LogP contribution in [0.3, 0.4) is 0 Å². The molecule has 7 nitrogen and oxygen atoms in total. The van der Waals surface area contributed by atoms with Gasteiger partial charge in [0.05, 0.1) is 0 Å². The van der Waals surface area contributed by atoms with Crippen LogP contribution in [0.5, 0.6) is 0 Å². The molecule has 0 saturated carbocycles. The number of hydrogen-bond acceptors (Lipinski definition) is 7. The molecule has 15 heteroatoms. The van der Waals surface area contributed by atoms with Gasteiger partial charge in [-0.1, -0.05) is 146 Å². The summed E-state index contributed by atoms with van der Waals surface area (Å²) >= 11 is 0. The molecule has 0 amide bonds. The van der Waals surface area contributed by atoms with Gasteiger partial charge in [-0.15, -0.1) is 0 Å². The van der Waals surface area contributed by atoms with Gasteiger partial charge >= 0.3 is 29.6 Å². The number of nitrogens with zero attached hydrogens (tertiary/aromatic N) is 5. The van der Waals surface area contributed by atoms with Crippen molar-refractivity contribution < 1.29 is 66.5 Å². The number of para-hydroxylation sites is 8. The van der Waals surface area contributed by atoms with Crippen molar-refractivity contribution in [1.82, 2.24) is 0 Å².